The van der Waals surface area contributed by atoms with Gasteiger partial charge < -0.3 is 10.2 Å². The highest BCUT2D eigenvalue weighted by molar-refractivity contribution is 5.94. The van der Waals surface area contributed by atoms with Gasteiger partial charge in [-0.1, -0.05) is 17.2 Å². The lowest BCUT2D eigenvalue weighted by Gasteiger charge is -2.39. The lowest BCUT2D eigenvalue weighted by Crippen LogP contribution is -2.44. The second kappa shape index (κ2) is 6.37. The Morgan fingerprint density at radius 3 is 2.24 bits per heavy atom. The zero-order valence-corrected chi connectivity index (χ0v) is 13.8. The molecule has 1 aromatic rings. The first kappa shape index (κ1) is 16.3. The zero-order chi connectivity index (χ0) is 14.2. The van der Waals surface area contributed by atoms with Crippen LogP contribution in [-0.2, 0) is 0 Å². The van der Waals surface area contributed by atoms with E-state index in [2.05, 4.69) is 25.2 Å². The molecule has 0 unspecified atom stereocenters. The van der Waals surface area contributed by atoms with Crippen LogP contribution < -0.4 is 5.32 Å². The van der Waals surface area contributed by atoms with Gasteiger partial charge in [0.2, 0.25) is 0 Å². The van der Waals surface area contributed by atoms with Crippen molar-refractivity contribution in [2.24, 2.45) is 5.41 Å². The predicted molar refractivity (Wildman–Crippen MR) is 88.2 cm³/mol. The Morgan fingerprint density at radius 2 is 1.71 bits per heavy atom. The second-order valence-corrected chi connectivity index (χ2v) is 6.60. The van der Waals surface area contributed by atoms with Gasteiger partial charge in [-0.15, -0.1) is 12.4 Å². The van der Waals surface area contributed by atoms with Gasteiger partial charge in [0.05, 0.1) is 0 Å². The van der Waals surface area contributed by atoms with Crippen molar-refractivity contribution in [3.8, 4) is 0 Å². The summed E-state index contributed by atoms with van der Waals surface area (Å²) >= 11 is 0. The number of hydrogen-bond donors (Lipinski definition) is 1. The maximum atomic E-state index is 12.6. The van der Waals surface area contributed by atoms with Gasteiger partial charge in [-0.05, 0) is 57.2 Å². The van der Waals surface area contributed by atoms with Crippen LogP contribution in [0.4, 0.5) is 0 Å². The van der Waals surface area contributed by atoms with Crippen molar-refractivity contribution in [2.45, 2.75) is 33.1 Å². The minimum absolute atomic E-state index is 0. The van der Waals surface area contributed by atoms with Crippen LogP contribution in [0.2, 0.25) is 0 Å². The standard InChI is InChI=1S/C17H24N2O.ClH/c1-13-9-14(2)11-15(10-13)16(20)19-7-4-17(5-8-19)3-6-18-12-17;/h9-11,18H,3-8,12H2,1-2H3;1H. The van der Waals surface area contributed by atoms with E-state index in [0.29, 0.717) is 5.41 Å². The first-order valence-electron chi connectivity index (χ1n) is 7.66. The van der Waals surface area contributed by atoms with Gasteiger partial charge >= 0.3 is 0 Å². The van der Waals surface area contributed by atoms with E-state index in [1.807, 2.05) is 17.0 Å². The molecule has 116 valence electrons. The number of carbonyl (C=O) groups excluding carboxylic acids is 1. The highest BCUT2D eigenvalue weighted by Crippen LogP contribution is 2.37. The van der Waals surface area contributed by atoms with Crippen molar-refractivity contribution >= 4 is 18.3 Å². The third kappa shape index (κ3) is 3.41. The van der Waals surface area contributed by atoms with E-state index in [9.17, 15) is 4.79 Å². The normalized spacial score (nSPS) is 20.4. The van der Waals surface area contributed by atoms with Gasteiger partial charge in [0.15, 0.2) is 0 Å². The molecule has 1 spiro atoms. The molecule has 4 heteroatoms. The highest BCUT2D eigenvalue weighted by Gasteiger charge is 2.38. The molecule has 2 fully saturated rings. The Balaban J connectivity index is 0.00000161. The molecule has 0 aromatic heterocycles. The Kier molecular flexibility index (Phi) is 4.95. The van der Waals surface area contributed by atoms with Gasteiger partial charge in [-0.2, -0.15) is 0 Å². The van der Waals surface area contributed by atoms with Gasteiger partial charge in [0.1, 0.15) is 0 Å². The number of amides is 1. The number of hydrogen-bond acceptors (Lipinski definition) is 2. The highest BCUT2D eigenvalue weighted by atomic mass is 35.5. The van der Waals surface area contributed by atoms with Crippen molar-refractivity contribution in [3.63, 3.8) is 0 Å². The molecule has 3 nitrogen and oxygen atoms in total. The molecule has 0 saturated carbocycles. The summed E-state index contributed by atoms with van der Waals surface area (Å²) in [7, 11) is 0. The van der Waals surface area contributed by atoms with E-state index in [-0.39, 0.29) is 18.3 Å². The summed E-state index contributed by atoms with van der Waals surface area (Å²) in [5, 5.41) is 3.47. The molecule has 2 aliphatic heterocycles. The molecule has 0 radical (unpaired) electrons. The molecular formula is C17H25ClN2O. The Bertz CT molecular complexity index is 493. The average Bonchev–Trinajstić information content (AvgIpc) is 2.86. The van der Waals surface area contributed by atoms with Crippen LogP contribution in [0.1, 0.15) is 40.7 Å². The minimum Gasteiger partial charge on any atom is -0.339 e. The number of aryl methyl sites for hydroxylation is 2. The molecule has 1 aromatic carbocycles. The van der Waals surface area contributed by atoms with Crippen molar-refractivity contribution in [1.29, 1.82) is 0 Å². The average molecular weight is 309 g/mol. The van der Waals surface area contributed by atoms with E-state index in [1.54, 1.807) is 0 Å². The number of piperidine rings is 1. The van der Waals surface area contributed by atoms with Crippen molar-refractivity contribution < 1.29 is 4.79 Å². The summed E-state index contributed by atoms with van der Waals surface area (Å²) in [5.41, 5.74) is 3.66. The molecule has 2 heterocycles. The monoisotopic (exact) mass is 308 g/mol. The number of likely N-dealkylation sites (tertiary alicyclic amines) is 1. The van der Waals surface area contributed by atoms with E-state index in [4.69, 9.17) is 0 Å². The van der Waals surface area contributed by atoms with Crippen LogP contribution in [0.3, 0.4) is 0 Å². The quantitative estimate of drug-likeness (QED) is 0.865. The topological polar surface area (TPSA) is 32.3 Å². The molecule has 0 bridgehead atoms. The maximum absolute atomic E-state index is 12.6. The largest absolute Gasteiger partial charge is 0.339 e. The Labute approximate surface area is 133 Å². The SMILES string of the molecule is Cc1cc(C)cc(C(=O)N2CCC3(CCNC3)CC2)c1.Cl. The zero-order valence-electron chi connectivity index (χ0n) is 12.9. The lowest BCUT2D eigenvalue weighted by atomic mass is 9.78. The van der Waals surface area contributed by atoms with Crippen molar-refractivity contribution in [3.05, 3.63) is 34.9 Å². The molecular weight excluding hydrogens is 284 g/mol. The molecule has 1 amide bonds. The molecule has 3 rings (SSSR count). The number of nitrogens with one attached hydrogen (secondary N) is 1. The van der Waals surface area contributed by atoms with Gasteiger partial charge in [-0.3, -0.25) is 4.79 Å². The molecule has 0 aliphatic carbocycles. The summed E-state index contributed by atoms with van der Waals surface area (Å²) in [5.74, 6) is 0.206. The Morgan fingerprint density at radius 1 is 1.10 bits per heavy atom. The number of rotatable bonds is 1. The number of nitrogens with zero attached hydrogens (tertiary/aromatic N) is 1. The third-order valence-corrected chi connectivity index (χ3v) is 4.91. The molecule has 21 heavy (non-hydrogen) atoms. The van der Waals surface area contributed by atoms with Crippen LogP contribution in [0.5, 0.6) is 0 Å². The fourth-order valence-corrected chi connectivity index (χ4v) is 3.69. The number of halogens is 1. The minimum atomic E-state index is 0. The van der Waals surface area contributed by atoms with Gasteiger partial charge in [0, 0.05) is 25.2 Å². The molecule has 2 aliphatic rings. The first-order chi connectivity index (χ1) is 9.58. The summed E-state index contributed by atoms with van der Waals surface area (Å²) in [6.45, 7) is 8.21. The second-order valence-electron chi connectivity index (χ2n) is 6.60. The summed E-state index contributed by atoms with van der Waals surface area (Å²) in [6, 6.07) is 6.14. The summed E-state index contributed by atoms with van der Waals surface area (Å²) in [6.07, 6.45) is 3.58. The van der Waals surface area contributed by atoms with Crippen LogP contribution in [0.25, 0.3) is 0 Å². The smallest absolute Gasteiger partial charge is 0.253 e. The van der Waals surface area contributed by atoms with E-state index in [0.717, 1.165) is 44.6 Å². The van der Waals surface area contributed by atoms with Gasteiger partial charge in [-0.25, -0.2) is 0 Å². The van der Waals surface area contributed by atoms with Crippen LogP contribution in [0, 0.1) is 19.3 Å². The maximum Gasteiger partial charge on any atom is 0.253 e. The van der Waals surface area contributed by atoms with Crippen molar-refractivity contribution in [1.82, 2.24) is 10.2 Å². The van der Waals surface area contributed by atoms with Crippen LogP contribution in [0.15, 0.2) is 18.2 Å². The first-order valence-corrected chi connectivity index (χ1v) is 7.66. The van der Waals surface area contributed by atoms with E-state index in [1.165, 1.54) is 17.5 Å². The Hall–Kier alpha value is -1.06. The fourth-order valence-electron chi connectivity index (χ4n) is 3.69. The predicted octanol–water partition coefficient (Wildman–Crippen LogP) is 2.94. The third-order valence-electron chi connectivity index (χ3n) is 4.91. The summed E-state index contributed by atoms with van der Waals surface area (Å²) < 4.78 is 0. The molecule has 1 N–H and O–H groups in total. The lowest BCUT2D eigenvalue weighted by molar-refractivity contribution is 0.0607. The fraction of sp³-hybridized carbons (Fsp3) is 0.588. The van der Waals surface area contributed by atoms with E-state index >= 15 is 0 Å². The van der Waals surface area contributed by atoms with Crippen molar-refractivity contribution in [2.75, 3.05) is 26.2 Å². The molecule has 0 atom stereocenters. The molecule has 2 saturated heterocycles. The number of carbonyl (C=O) groups is 1. The number of benzene rings is 1. The van der Waals surface area contributed by atoms with Crippen LogP contribution >= 0.6 is 12.4 Å². The summed E-state index contributed by atoms with van der Waals surface area (Å²) in [4.78, 5) is 14.7. The van der Waals surface area contributed by atoms with Gasteiger partial charge in [0.25, 0.3) is 5.91 Å². The van der Waals surface area contributed by atoms with Crippen LogP contribution in [-0.4, -0.2) is 37.0 Å². The van der Waals surface area contributed by atoms with E-state index < -0.39 is 0 Å².